The monoisotopic (exact) mass is 294 g/mol. The van der Waals surface area contributed by atoms with E-state index in [1.165, 1.54) is 6.07 Å². The zero-order chi connectivity index (χ0) is 16.2. The van der Waals surface area contributed by atoms with Gasteiger partial charge >= 0.3 is 11.9 Å². The standard InChI is InChI=1S/C15H18O6/c1-4-15(3,21-5-2)12(16)9-6-7-10(13(17)18)11(8-9)14(19)20/h6-8H,4-5H2,1-3H3,(H,17,18)(H,19,20)/t15-/m0/s1. The number of ether oxygens (including phenoxy) is 1. The number of carboxylic acids is 2. The molecule has 6 heteroatoms. The molecule has 114 valence electrons. The first-order chi connectivity index (χ1) is 9.76. The molecule has 21 heavy (non-hydrogen) atoms. The third-order valence-corrected chi connectivity index (χ3v) is 3.36. The molecule has 0 unspecified atom stereocenters. The Morgan fingerprint density at radius 3 is 2.10 bits per heavy atom. The van der Waals surface area contributed by atoms with Gasteiger partial charge in [0.15, 0.2) is 5.78 Å². The normalized spacial score (nSPS) is 13.5. The van der Waals surface area contributed by atoms with E-state index in [2.05, 4.69) is 0 Å². The van der Waals surface area contributed by atoms with Crippen molar-refractivity contribution >= 4 is 17.7 Å². The highest BCUT2D eigenvalue weighted by Crippen LogP contribution is 2.23. The van der Waals surface area contributed by atoms with Crippen LogP contribution < -0.4 is 0 Å². The van der Waals surface area contributed by atoms with Crippen molar-refractivity contribution in [1.82, 2.24) is 0 Å². The molecule has 0 heterocycles. The van der Waals surface area contributed by atoms with E-state index in [1.807, 2.05) is 0 Å². The molecular formula is C15H18O6. The van der Waals surface area contributed by atoms with Crippen LogP contribution in [0.4, 0.5) is 0 Å². The number of hydrogen-bond acceptors (Lipinski definition) is 4. The van der Waals surface area contributed by atoms with E-state index >= 15 is 0 Å². The van der Waals surface area contributed by atoms with Gasteiger partial charge in [-0.1, -0.05) is 13.0 Å². The number of carbonyl (C=O) groups excluding carboxylic acids is 1. The summed E-state index contributed by atoms with van der Waals surface area (Å²) in [5, 5.41) is 18.0. The van der Waals surface area contributed by atoms with Gasteiger partial charge in [0.1, 0.15) is 5.60 Å². The topological polar surface area (TPSA) is 101 Å². The molecule has 0 saturated heterocycles. The average molecular weight is 294 g/mol. The van der Waals surface area contributed by atoms with Crippen molar-refractivity contribution in [3.05, 3.63) is 34.9 Å². The molecule has 0 aliphatic heterocycles. The molecule has 0 amide bonds. The maximum atomic E-state index is 12.5. The largest absolute Gasteiger partial charge is 0.478 e. The van der Waals surface area contributed by atoms with Crippen LogP contribution in [0.3, 0.4) is 0 Å². The third kappa shape index (κ3) is 3.46. The summed E-state index contributed by atoms with van der Waals surface area (Å²) in [6.07, 6.45) is 0.419. The zero-order valence-corrected chi connectivity index (χ0v) is 12.2. The van der Waals surface area contributed by atoms with Crippen LogP contribution in [0.25, 0.3) is 0 Å². The molecular weight excluding hydrogens is 276 g/mol. The van der Waals surface area contributed by atoms with Crippen molar-refractivity contribution in [1.29, 1.82) is 0 Å². The molecule has 2 N–H and O–H groups in total. The minimum absolute atomic E-state index is 0.121. The number of hydrogen-bond donors (Lipinski definition) is 2. The lowest BCUT2D eigenvalue weighted by molar-refractivity contribution is -0.0116. The Bertz CT molecular complexity index is 578. The van der Waals surface area contributed by atoms with Crippen molar-refractivity contribution < 1.29 is 29.3 Å². The Morgan fingerprint density at radius 2 is 1.67 bits per heavy atom. The summed E-state index contributed by atoms with van der Waals surface area (Å²) in [6.45, 7) is 5.52. The van der Waals surface area contributed by atoms with Crippen molar-refractivity contribution in [2.75, 3.05) is 6.61 Å². The molecule has 1 aromatic carbocycles. The van der Waals surface area contributed by atoms with Gasteiger partial charge in [-0.3, -0.25) is 4.79 Å². The molecule has 0 radical (unpaired) electrons. The van der Waals surface area contributed by atoms with Gasteiger partial charge in [-0.2, -0.15) is 0 Å². The number of Topliss-reactive ketones (excluding diaryl/α,β-unsaturated/α-hetero) is 1. The Balaban J connectivity index is 3.32. The van der Waals surface area contributed by atoms with Crippen LogP contribution in [0.15, 0.2) is 18.2 Å². The predicted molar refractivity (Wildman–Crippen MR) is 75.0 cm³/mol. The summed E-state index contributed by atoms with van der Waals surface area (Å²) in [7, 11) is 0. The number of carboxylic acid groups (broad SMARTS) is 2. The van der Waals surface area contributed by atoms with Gasteiger partial charge in [0.25, 0.3) is 0 Å². The maximum absolute atomic E-state index is 12.5. The molecule has 1 atom stereocenters. The molecule has 0 aliphatic carbocycles. The van der Waals surface area contributed by atoms with E-state index in [1.54, 1.807) is 20.8 Å². The molecule has 1 aromatic rings. The van der Waals surface area contributed by atoms with E-state index in [0.717, 1.165) is 12.1 Å². The number of carbonyl (C=O) groups is 3. The van der Waals surface area contributed by atoms with Gasteiger partial charge in [-0.15, -0.1) is 0 Å². The fourth-order valence-electron chi connectivity index (χ4n) is 2.00. The number of rotatable bonds is 7. The summed E-state index contributed by atoms with van der Waals surface area (Å²) in [4.78, 5) is 34.6. The van der Waals surface area contributed by atoms with Crippen molar-refractivity contribution in [3.63, 3.8) is 0 Å². The van der Waals surface area contributed by atoms with Crippen LogP contribution in [-0.2, 0) is 4.74 Å². The second-order valence-corrected chi connectivity index (χ2v) is 4.72. The molecule has 0 spiro atoms. The predicted octanol–water partition coefficient (Wildman–Crippen LogP) is 2.47. The van der Waals surface area contributed by atoms with Crippen molar-refractivity contribution in [2.45, 2.75) is 32.8 Å². The van der Waals surface area contributed by atoms with Crippen LogP contribution in [0, 0.1) is 0 Å². The van der Waals surface area contributed by atoms with Crippen molar-refractivity contribution in [3.8, 4) is 0 Å². The molecule has 1 rings (SSSR count). The highest BCUT2D eigenvalue weighted by atomic mass is 16.5. The van der Waals surface area contributed by atoms with Gasteiger partial charge in [-0.05, 0) is 32.4 Å². The van der Waals surface area contributed by atoms with E-state index in [9.17, 15) is 14.4 Å². The number of ketones is 1. The van der Waals surface area contributed by atoms with E-state index < -0.39 is 23.1 Å². The highest BCUT2D eigenvalue weighted by molar-refractivity contribution is 6.07. The summed E-state index contributed by atoms with van der Waals surface area (Å²) in [6, 6.07) is 3.52. The summed E-state index contributed by atoms with van der Waals surface area (Å²) < 4.78 is 5.46. The first-order valence-electron chi connectivity index (χ1n) is 6.56. The second-order valence-electron chi connectivity index (χ2n) is 4.72. The molecule has 0 saturated carbocycles. The van der Waals surface area contributed by atoms with Crippen LogP contribution >= 0.6 is 0 Å². The van der Waals surface area contributed by atoms with Crippen LogP contribution in [0.1, 0.15) is 58.3 Å². The summed E-state index contributed by atoms with van der Waals surface area (Å²) >= 11 is 0. The summed E-state index contributed by atoms with van der Waals surface area (Å²) in [5.41, 5.74) is -1.71. The Labute approximate surface area is 122 Å². The molecule has 0 aliphatic rings. The van der Waals surface area contributed by atoms with Gasteiger partial charge in [0, 0.05) is 12.2 Å². The first-order valence-corrected chi connectivity index (χ1v) is 6.56. The van der Waals surface area contributed by atoms with Gasteiger partial charge in [0.2, 0.25) is 0 Å². The van der Waals surface area contributed by atoms with Crippen LogP contribution in [0.2, 0.25) is 0 Å². The first kappa shape index (κ1) is 16.8. The number of aromatic carboxylic acids is 2. The minimum atomic E-state index is -1.39. The fraction of sp³-hybridized carbons (Fsp3) is 0.400. The minimum Gasteiger partial charge on any atom is -0.478 e. The lowest BCUT2D eigenvalue weighted by Gasteiger charge is -2.26. The van der Waals surface area contributed by atoms with Gasteiger partial charge in [0.05, 0.1) is 11.1 Å². The lowest BCUT2D eigenvalue weighted by Crippen LogP contribution is -2.38. The number of benzene rings is 1. The van der Waals surface area contributed by atoms with Gasteiger partial charge < -0.3 is 14.9 Å². The van der Waals surface area contributed by atoms with Gasteiger partial charge in [-0.25, -0.2) is 9.59 Å². The third-order valence-electron chi connectivity index (χ3n) is 3.36. The fourth-order valence-corrected chi connectivity index (χ4v) is 2.00. The molecule has 6 nitrogen and oxygen atoms in total. The van der Waals surface area contributed by atoms with E-state index in [0.29, 0.717) is 13.0 Å². The smallest absolute Gasteiger partial charge is 0.336 e. The Kier molecular flexibility index (Phi) is 5.21. The quantitative estimate of drug-likeness (QED) is 0.749. The zero-order valence-electron chi connectivity index (χ0n) is 12.2. The SMILES string of the molecule is CCO[C@@](C)(CC)C(=O)c1ccc(C(=O)O)c(C(=O)O)c1. The Hall–Kier alpha value is -2.21. The Morgan fingerprint density at radius 1 is 1.10 bits per heavy atom. The average Bonchev–Trinajstić information content (AvgIpc) is 2.45. The molecule has 0 aromatic heterocycles. The van der Waals surface area contributed by atoms with Crippen molar-refractivity contribution in [2.24, 2.45) is 0 Å². The van der Waals surface area contributed by atoms with E-state index in [-0.39, 0.29) is 16.9 Å². The highest BCUT2D eigenvalue weighted by Gasteiger charge is 2.33. The maximum Gasteiger partial charge on any atom is 0.336 e. The summed E-state index contributed by atoms with van der Waals surface area (Å²) in [5.74, 6) is -3.11. The van der Waals surface area contributed by atoms with E-state index in [4.69, 9.17) is 14.9 Å². The van der Waals surface area contributed by atoms with Crippen LogP contribution in [-0.4, -0.2) is 40.1 Å². The second kappa shape index (κ2) is 6.49. The van der Waals surface area contributed by atoms with Crippen LogP contribution in [0.5, 0.6) is 0 Å². The lowest BCUT2D eigenvalue weighted by atomic mass is 9.90. The molecule has 0 bridgehead atoms. The molecule has 0 fully saturated rings.